The third kappa shape index (κ3) is 2.04. The summed E-state index contributed by atoms with van der Waals surface area (Å²) in [6.45, 7) is 2.99. The molecule has 0 aliphatic carbocycles. The van der Waals surface area contributed by atoms with E-state index < -0.39 is 0 Å². The number of imidazole rings is 1. The highest BCUT2D eigenvalue weighted by molar-refractivity contribution is 5.84. The van der Waals surface area contributed by atoms with Gasteiger partial charge in [-0.1, -0.05) is 6.07 Å². The van der Waals surface area contributed by atoms with Crippen molar-refractivity contribution in [1.29, 1.82) is 0 Å². The van der Waals surface area contributed by atoms with Crippen molar-refractivity contribution < 1.29 is 0 Å². The minimum atomic E-state index is 0.925. The average molecular weight is 303 g/mol. The van der Waals surface area contributed by atoms with Crippen molar-refractivity contribution in [3.05, 3.63) is 48.4 Å². The lowest BCUT2D eigenvalue weighted by Crippen LogP contribution is -2.17. The molecule has 0 saturated heterocycles. The molecule has 5 nitrogen and oxygen atoms in total. The summed E-state index contributed by atoms with van der Waals surface area (Å²) in [5.41, 5.74) is 5.29. The molecular formula is C18H17N5. The minimum Gasteiger partial charge on any atom is -0.346 e. The van der Waals surface area contributed by atoms with E-state index in [1.165, 1.54) is 11.3 Å². The zero-order valence-electron chi connectivity index (χ0n) is 12.7. The fraction of sp³-hybridized carbons (Fsp3) is 0.222. The summed E-state index contributed by atoms with van der Waals surface area (Å²) in [6, 6.07) is 12.7. The molecule has 1 aliphatic heterocycles. The first-order valence-corrected chi connectivity index (χ1v) is 8.03. The Bertz CT molecular complexity index is 1010. The molecule has 0 unspecified atom stereocenters. The maximum atomic E-state index is 4.84. The van der Waals surface area contributed by atoms with E-state index in [9.17, 15) is 0 Å². The monoisotopic (exact) mass is 303 g/mol. The summed E-state index contributed by atoms with van der Waals surface area (Å²) >= 11 is 0. The highest BCUT2D eigenvalue weighted by atomic mass is 15.1. The van der Waals surface area contributed by atoms with Crippen LogP contribution in [-0.2, 0) is 13.0 Å². The van der Waals surface area contributed by atoms with E-state index in [2.05, 4.69) is 45.2 Å². The van der Waals surface area contributed by atoms with Gasteiger partial charge in [0, 0.05) is 43.2 Å². The summed E-state index contributed by atoms with van der Waals surface area (Å²) in [4.78, 5) is 12.7. The van der Waals surface area contributed by atoms with Gasteiger partial charge in [-0.3, -0.25) is 0 Å². The molecule has 1 aromatic carbocycles. The molecule has 23 heavy (non-hydrogen) atoms. The van der Waals surface area contributed by atoms with Crippen molar-refractivity contribution in [3.63, 3.8) is 0 Å². The number of rotatable bonds is 1. The largest absolute Gasteiger partial charge is 0.346 e. The standard InChI is InChI=1S/C18H17N5/c1-3-14(22-18-12(1)5-8-20-18)13-2-4-16-15(11-13)21-17-6-7-19-9-10-23(16)17/h1-5,8,11,19H,6-7,9-10H2,(H,20,22). The molecule has 2 N–H and O–H groups in total. The summed E-state index contributed by atoms with van der Waals surface area (Å²) in [5.74, 6) is 1.18. The molecule has 0 radical (unpaired) electrons. The highest BCUT2D eigenvalue weighted by Crippen LogP contribution is 2.25. The fourth-order valence-electron chi connectivity index (χ4n) is 3.39. The van der Waals surface area contributed by atoms with Crippen LogP contribution in [0.5, 0.6) is 0 Å². The van der Waals surface area contributed by atoms with Crippen LogP contribution in [0.25, 0.3) is 33.3 Å². The Morgan fingerprint density at radius 2 is 2.00 bits per heavy atom. The Balaban J connectivity index is 1.64. The van der Waals surface area contributed by atoms with Crippen molar-refractivity contribution in [2.75, 3.05) is 13.1 Å². The number of aromatic amines is 1. The molecule has 0 atom stereocenters. The number of H-pyrrole nitrogens is 1. The predicted octanol–water partition coefficient (Wildman–Crippen LogP) is 2.73. The maximum absolute atomic E-state index is 4.84. The lowest BCUT2D eigenvalue weighted by atomic mass is 10.1. The smallest absolute Gasteiger partial charge is 0.137 e. The van der Waals surface area contributed by atoms with Gasteiger partial charge in [-0.15, -0.1) is 0 Å². The van der Waals surface area contributed by atoms with Crippen LogP contribution in [0.15, 0.2) is 42.6 Å². The zero-order chi connectivity index (χ0) is 15.2. The zero-order valence-corrected chi connectivity index (χ0v) is 12.7. The fourth-order valence-corrected chi connectivity index (χ4v) is 3.39. The first-order valence-electron chi connectivity index (χ1n) is 8.03. The number of hydrogen-bond acceptors (Lipinski definition) is 3. The topological polar surface area (TPSA) is 58.5 Å². The lowest BCUT2D eigenvalue weighted by molar-refractivity contribution is 0.657. The van der Waals surface area contributed by atoms with Crippen LogP contribution in [-0.4, -0.2) is 32.6 Å². The summed E-state index contributed by atoms with van der Waals surface area (Å²) in [6.07, 6.45) is 2.90. The van der Waals surface area contributed by atoms with Crippen molar-refractivity contribution in [1.82, 2.24) is 24.8 Å². The van der Waals surface area contributed by atoms with E-state index in [1.807, 2.05) is 12.3 Å². The molecule has 3 aromatic heterocycles. The Hall–Kier alpha value is -2.66. The van der Waals surface area contributed by atoms with Gasteiger partial charge in [0.1, 0.15) is 11.5 Å². The van der Waals surface area contributed by atoms with Gasteiger partial charge in [0.15, 0.2) is 0 Å². The molecule has 0 bridgehead atoms. The number of aromatic nitrogens is 4. The normalized spacial score (nSPS) is 15.0. The van der Waals surface area contributed by atoms with Gasteiger partial charge in [0.25, 0.3) is 0 Å². The molecule has 4 aromatic rings. The summed E-state index contributed by atoms with van der Waals surface area (Å²) in [5, 5.41) is 4.56. The van der Waals surface area contributed by atoms with Crippen molar-refractivity contribution in [3.8, 4) is 11.3 Å². The summed E-state index contributed by atoms with van der Waals surface area (Å²) < 4.78 is 2.33. The van der Waals surface area contributed by atoms with Crippen molar-refractivity contribution >= 4 is 22.1 Å². The Labute approximate surface area is 133 Å². The van der Waals surface area contributed by atoms with Crippen LogP contribution in [0.3, 0.4) is 0 Å². The number of nitrogens with one attached hydrogen (secondary N) is 2. The Morgan fingerprint density at radius 1 is 1.00 bits per heavy atom. The number of benzene rings is 1. The Kier molecular flexibility index (Phi) is 2.75. The molecule has 5 rings (SSSR count). The number of nitrogens with zero attached hydrogens (tertiary/aromatic N) is 3. The van der Waals surface area contributed by atoms with Gasteiger partial charge in [0.05, 0.1) is 16.7 Å². The summed E-state index contributed by atoms with van der Waals surface area (Å²) in [7, 11) is 0. The van der Waals surface area contributed by atoms with Crippen LogP contribution in [0, 0.1) is 0 Å². The quantitative estimate of drug-likeness (QED) is 0.568. The van der Waals surface area contributed by atoms with Crippen molar-refractivity contribution in [2.45, 2.75) is 13.0 Å². The third-order valence-corrected chi connectivity index (χ3v) is 4.57. The first-order chi connectivity index (χ1) is 11.4. The van der Waals surface area contributed by atoms with Crippen LogP contribution in [0.1, 0.15) is 5.82 Å². The van der Waals surface area contributed by atoms with Crippen LogP contribution >= 0.6 is 0 Å². The van der Waals surface area contributed by atoms with Gasteiger partial charge in [-0.05, 0) is 30.3 Å². The van der Waals surface area contributed by atoms with E-state index in [4.69, 9.17) is 9.97 Å². The average Bonchev–Trinajstić information content (AvgIpc) is 3.11. The first kappa shape index (κ1) is 12.8. The van der Waals surface area contributed by atoms with Gasteiger partial charge in [0.2, 0.25) is 0 Å². The number of fused-ring (bicyclic) bond motifs is 4. The van der Waals surface area contributed by atoms with E-state index in [0.29, 0.717) is 0 Å². The Morgan fingerprint density at radius 3 is 3.00 bits per heavy atom. The highest BCUT2D eigenvalue weighted by Gasteiger charge is 2.14. The van der Waals surface area contributed by atoms with E-state index in [-0.39, 0.29) is 0 Å². The SMILES string of the molecule is c1cc2ccc(-c3ccc4c(c3)nc3n4CCNCC3)nc2[nH]1. The van der Waals surface area contributed by atoms with Gasteiger partial charge in [-0.25, -0.2) is 9.97 Å². The van der Waals surface area contributed by atoms with Gasteiger partial charge >= 0.3 is 0 Å². The molecule has 0 fully saturated rings. The van der Waals surface area contributed by atoms with E-state index >= 15 is 0 Å². The van der Waals surface area contributed by atoms with Gasteiger partial charge < -0.3 is 14.9 Å². The third-order valence-electron chi connectivity index (χ3n) is 4.57. The minimum absolute atomic E-state index is 0.925. The van der Waals surface area contributed by atoms with E-state index in [1.54, 1.807) is 0 Å². The second-order valence-corrected chi connectivity index (χ2v) is 6.00. The molecule has 5 heteroatoms. The van der Waals surface area contributed by atoms with Crippen LogP contribution in [0.4, 0.5) is 0 Å². The van der Waals surface area contributed by atoms with E-state index in [0.717, 1.165) is 53.9 Å². The molecular weight excluding hydrogens is 286 g/mol. The molecule has 1 aliphatic rings. The molecule has 114 valence electrons. The molecule has 0 amide bonds. The predicted molar refractivity (Wildman–Crippen MR) is 91.4 cm³/mol. The molecule has 4 heterocycles. The number of hydrogen-bond donors (Lipinski definition) is 2. The second kappa shape index (κ2) is 4.93. The molecule has 0 saturated carbocycles. The maximum Gasteiger partial charge on any atom is 0.137 e. The molecule has 0 spiro atoms. The van der Waals surface area contributed by atoms with Crippen LogP contribution < -0.4 is 5.32 Å². The van der Waals surface area contributed by atoms with Crippen LogP contribution in [0.2, 0.25) is 0 Å². The number of pyridine rings is 1. The van der Waals surface area contributed by atoms with Crippen molar-refractivity contribution in [2.24, 2.45) is 0 Å². The second-order valence-electron chi connectivity index (χ2n) is 6.00. The lowest BCUT2D eigenvalue weighted by Gasteiger charge is -2.05. The van der Waals surface area contributed by atoms with Gasteiger partial charge in [-0.2, -0.15) is 0 Å².